The van der Waals surface area contributed by atoms with Gasteiger partial charge in [0.2, 0.25) is 11.8 Å². The van der Waals surface area contributed by atoms with Crippen LogP contribution in [0, 0.1) is 13.8 Å². The number of amides is 2. The number of carbonyl (C=O) groups excluding carboxylic acids is 2. The molecule has 0 spiro atoms. The van der Waals surface area contributed by atoms with Crippen LogP contribution in [0.5, 0.6) is 5.75 Å². The summed E-state index contributed by atoms with van der Waals surface area (Å²) in [7, 11) is 0.409. The summed E-state index contributed by atoms with van der Waals surface area (Å²) in [5, 5.41) is 2.97. The third-order valence-corrected chi connectivity index (χ3v) is 7.85. The van der Waals surface area contributed by atoms with Crippen LogP contribution in [0.3, 0.4) is 0 Å². The van der Waals surface area contributed by atoms with E-state index in [1.807, 2.05) is 58.9 Å². The van der Waals surface area contributed by atoms with Crippen molar-refractivity contribution < 1.29 is 22.7 Å². The molecule has 9 nitrogen and oxygen atoms in total. The van der Waals surface area contributed by atoms with Gasteiger partial charge in [-0.05, 0) is 75.9 Å². The molecule has 0 bridgehead atoms. The van der Waals surface area contributed by atoms with Crippen molar-refractivity contribution in [3.05, 3.63) is 59.2 Å². The number of benzene rings is 2. The first kappa shape index (κ1) is 31.1. The minimum atomic E-state index is -4.02. The van der Waals surface area contributed by atoms with Gasteiger partial charge in [-0.2, -0.15) is 12.7 Å². The van der Waals surface area contributed by atoms with E-state index in [2.05, 4.69) is 5.32 Å². The number of carbonyl (C=O) groups is 2. The Bertz CT molecular complexity index is 1220. The molecule has 1 atom stereocenters. The summed E-state index contributed by atoms with van der Waals surface area (Å²) in [6.07, 6.45) is 0.355. The maximum Gasteiger partial charge on any atom is 0.304 e. The van der Waals surface area contributed by atoms with Gasteiger partial charge in [0.05, 0.1) is 12.8 Å². The third kappa shape index (κ3) is 7.94. The van der Waals surface area contributed by atoms with Crippen molar-refractivity contribution in [1.29, 1.82) is 0 Å². The first-order valence-electron chi connectivity index (χ1n) is 12.6. The summed E-state index contributed by atoms with van der Waals surface area (Å²) in [6.45, 7) is 10.8. The lowest BCUT2D eigenvalue weighted by atomic mass is 10.1. The third-order valence-electron chi connectivity index (χ3n) is 6.05. The van der Waals surface area contributed by atoms with Crippen LogP contribution < -0.4 is 14.4 Å². The molecule has 1 unspecified atom stereocenters. The summed E-state index contributed by atoms with van der Waals surface area (Å²) in [5.74, 6) is -0.110. The van der Waals surface area contributed by atoms with Crippen LogP contribution in [0.2, 0.25) is 0 Å². The zero-order valence-corrected chi connectivity index (χ0v) is 24.8. The molecule has 2 amide bonds. The Morgan fingerprint density at radius 2 is 1.63 bits per heavy atom. The molecular weight excluding hydrogens is 504 g/mol. The van der Waals surface area contributed by atoms with E-state index in [0.717, 1.165) is 19.7 Å². The predicted octanol–water partition coefficient (Wildman–Crippen LogP) is 3.65. The van der Waals surface area contributed by atoms with Crippen LogP contribution in [0.1, 0.15) is 50.8 Å². The van der Waals surface area contributed by atoms with Crippen LogP contribution in [-0.2, 0) is 26.3 Å². The molecule has 2 aromatic carbocycles. The van der Waals surface area contributed by atoms with E-state index < -0.39 is 34.2 Å². The van der Waals surface area contributed by atoms with Crippen molar-refractivity contribution in [3.63, 3.8) is 0 Å². The summed E-state index contributed by atoms with van der Waals surface area (Å²) >= 11 is 0. The van der Waals surface area contributed by atoms with Crippen molar-refractivity contribution in [3.8, 4) is 5.75 Å². The standard InChI is InChI=1S/C28H42N4O5S/c1-10-24(27(34)29-28(4,5)6)31(18-22-13-15-23(37-9)16-14-22)26(33)19-32(38(35,36)30(7)8)25-17-20(2)11-12-21(25)3/h11-17,24H,10,18-19H2,1-9H3,(H,29,34). The maximum absolute atomic E-state index is 14.0. The fourth-order valence-electron chi connectivity index (χ4n) is 3.99. The highest BCUT2D eigenvalue weighted by Gasteiger charge is 2.35. The predicted molar refractivity (Wildman–Crippen MR) is 151 cm³/mol. The van der Waals surface area contributed by atoms with E-state index in [1.54, 1.807) is 32.2 Å². The van der Waals surface area contributed by atoms with Crippen molar-refractivity contribution in [1.82, 2.24) is 14.5 Å². The number of rotatable bonds is 11. The molecule has 0 aliphatic carbocycles. The quantitative estimate of drug-likeness (QED) is 0.464. The van der Waals surface area contributed by atoms with E-state index in [9.17, 15) is 18.0 Å². The minimum absolute atomic E-state index is 0.127. The van der Waals surface area contributed by atoms with Crippen LogP contribution in [0.25, 0.3) is 0 Å². The molecule has 0 aliphatic rings. The zero-order chi connectivity index (χ0) is 28.8. The molecule has 0 saturated carbocycles. The number of nitrogens with one attached hydrogen (secondary N) is 1. The van der Waals surface area contributed by atoms with Gasteiger partial charge in [-0.15, -0.1) is 0 Å². The molecule has 1 N–H and O–H groups in total. The second-order valence-electron chi connectivity index (χ2n) is 10.6. The average molecular weight is 547 g/mol. The second-order valence-corrected chi connectivity index (χ2v) is 12.7. The van der Waals surface area contributed by atoms with Gasteiger partial charge < -0.3 is 15.0 Å². The molecule has 210 valence electrons. The first-order chi connectivity index (χ1) is 17.6. The van der Waals surface area contributed by atoms with Crippen LogP contribution in [-0.4, -0.2) is 68.8 Å². The van der Waals surface area contributed by atoms with E-state index in [4.69, 9.17) is 4.74 Å². The van der Waals surface area contributed by atoms with Gasteiger partial charge in [0.1, 0.15) is 18.3 Å². The molecule has 38 heavy (non-hydrogen) atoms. The Morgan fingerprint density at radius 3 is 2.13 bits per heavy atom. The fourth-order valence-corrected chi connectivity index (χ4v) is 5.10. The van der Waals surface area contributed by atoms with E-state index in [1.165, 1.54) is 19.0 Å². The summed E-state index contributed by atoms with van der Waals surface area (Å²) in [6, 6.07) is 11.9. The molecule has 0 aliphatic heterocycles. The molecule has 0 fully saturated rings. The number of ether oxygens (including phenoxy) is 1. The van der Waals surface area contributed by atoms with Crippen molar-refractivity contribution in [2.75, 3.05) is 32.1 Å². The lowest BCUT2D eigenvalue weighted by Crippen LogP contribution is -2.55. The van der Waals surface area contributed by atoms with Gasteiger partial charge >= 0.3 is 10.2 Å². The van der Waals surface area contributed by atoms with Crippen molar-refractivity contribution in [2.24, 2.45) is 0 Å². The zero-order valence-electron chi connectivity index (χ0n) is 24.0. The van der Waals surface area contributed by atoms with Gasteiger partial charge in [0.25, 0.3) is 0 Å². The minimum Gasteiger partial charge on any atom is -0.497 e. The van der Waals surface area contributed by atoms with Gasteiger partial charge in [-0.1, -0.05) is 31.2 Å². The molecule has 0 saturated heterocycles. The Morgan fingerprint density at radius 1 is 1.03 bits per heavy atom. The highest BCUT2D eigenvalue weighted by Crippen LogP contribution is 2.26. The number of aryl methyl sites for hydroxylation is 2. The summed E-state index contributed by atoms with van der Waals surface area (Å²) in [5.41, 5.74) is 2.29. The monoisotopic (exact) mass is 546 g/mol. The molecule has 0 radical (unpaired) electrons. The summed E-state index contributed by atoms with van der Waals surface area (Å²) in [4.78, 5) is 28.8. The second kappa shape index (κ2) is 12.6. The van der Waals surface area contributed by atoms with E-state index in [0.29, 0.717) is 23.4 Å². The Balaban J connectivity index is 2.57. The van der Waals surface area contributed by atoms with Crippen LogP contribution in [0.15, 0.2) is 42.5 Å². The van der Waals surface area contributed by atoms with Gasteiger partial charge in [0.15, 0.2) is 0 Å². The lowest BCUT2D eigenvalue weighted by Gasteiger charge is -2.35. The number of hydrogen-bond donors (Lipinski definition) is 1. The maximum atomic E-state index is 14.0. The molecule has 2 rings (SSSR count). The number of nitrogens with zero attached hydrogens (tertiary/aromatic N) is 3. The molecule has 10 heteroatoms. The Kier molecular flexibility index (Phi) is 10.3. The average Bonchev–Trinajstić information content (AvgIpc) is 2.83. The normalized spacial score (nSPS) is 12.7. The first-order valence-corrected chi connectivity index (χ1v) is 14.0. The van der Waals surface area contributed by atoms with Gasteiger partial charge in [0, 0.05) is 26.2 Å². The number of methoxy groups -OCH3 is 1. The number of hydrogen-bond acceptors (Lipinski definition) is 5. The lowest BCUT2D eigenvalue weighted by molar-refractivity contribution is -0.141. The van der Waals surface area contributed by atoms with Crippen molar-refractivity contribution in [2.45, 2.75) is 66.1 Å². The largest absolute Gasteiger partial charge is 0.497 e. The van der Waals surface area contributed by atoms with E-state index >= 15 is 0 Å². The Hall–Kier alpha value is -3.11. The molecule has 0 aromatic heterocycles. The molecular formula is C28H42N4O5S. The molecule has 2 aromatic rings. The Labute approximate surface area is 227 Å². The summed E-state index contributed by atoms with van der Waals surface area (Å²) < 4.78 is 34.3. The fraction of sp³-hybridized carbons (Fsp3) is 0.500. The molecule has 0 heterocycles. The van der Waals surface area contributed by atoms with Gasteiger partial charge in [-0.25, -0.2) is 4.31 Å². The van der Waals surface area contributed by atoms with Crippen LogP contribution >= 0.6 is 0 Å². The van der Waals surface area contributed by atoms with E-state index in [-0.39, 0.29) is 12.5 Å². The number of anilines is 1. The van der Waals surface area contributed by atoms with Crippen LogP contribution in [0.4, 0.5) is 5.69 Å². The smallest absolute Gasteiger partial charge is 0.304 e. The highest BCUT2D eigenvalue weighted by molar-refractivity contribution is 7.90. The topological polar surface area (TPSA) is 99.3 Å². The van der Waals surface area contributed by atoms with Crippen molar-refractivity contribution >= 4 is 27.7 Å². The van der Waals surface area contributed by atoms with Gasteiger partial charge in [-0.3, -0.25) is 9.59 Å². The highest BCUT2D eigenvalue weighted by atomic mass is 32.2. The SMILES string of the molecule is CCC(C(=O)NC(C)(C)C)N(Cc1ccc(OC)cc1)C(=O)CN(c1cc(C)ccc1C)S(=O)(=O)N(C)C.